The van der Waals surface area contributed by atoms with E-state index >= 15 is 0 Å². The molecule has 13 heteroatoms. The van der Waals surface area contributed by atoms with Crippen LogP contribution in [0.25, 0.3) is 0 Å². The topological polar surface area (TPSA) is 157 Å². The number of sulfonamides is 1. The van der Waals surface area contributed by atoms with E-state index in [1.165, 1.54) is 44.7 Å². The zero-order valence-corrected chi connectivity index (χ0v) is 19.1. The van der Waals surface area contributed by atoms with Gasteiger partial charge < -0.3 is 15.4 Å². The smallest absolute Gasteiger partial charge is 0.336 e. The number of carbonyl (C=O) groups is 1. The van der Waals surface area contributed by atoms with Crippen LogP contribution in [-0.2, 0) is 19.6 Å². The SMILES string of the molecule is CN(C)S(=O)(=O)c1ccc(Nc2ncnc(C(CC3CCNCC3)OC=O)c2[N+](=O)[O-])cc1. The second kappa shape index (κ2) is 10.6. The van der Waals surface area contributed by atoms with Gasteiger partial charge in [-0.2, -0.15) is 0 Å². The summed E-state index contributed by atoms with van der Waals surface area (Å²) in [5, 5.41) is 18.0. The van der Waals surface area contributed by atoms with Gasteiger partial charge in [0.1, 0.15) is 6.33 Å². The number of piperidine rings is 1. The molecule has 0 spiro atoms. The molecule has 33 heavy (non-hydrogen) atoms. The van der Waals surface area contributed by atoms with Crippen molar-refractivity contribution >= 4 is 33.7 Å². The van der Waals surface area contributed by atoms with E-state index in [-0.39, 0.29) is 28.8 Å². The zero-order valence-electron chi connectivity index (χ0n) is 18.3. The second-order valence-electron chi connectivity index (χ2n) is 7.80. The van der Waals surface area contributed by atoms with Crippen LogP contribution in [0.2, 0.25) is 0 Å². The summed E-state index contributed by atoms with van der Waals surface area (Å²) in [6.45, 7) is 1.93. The first-order chi connectivity index (χ1) is 15.7. The van der Waals surface area contributed by atoms with Gasteiger partial charge in [-0.05, 0) is 62.5 Å². The first-order valence-corrected chi connectivity index (χ1v) is 11.8. The number of aromatic nitrogens is 2. The molecule has 0 saturated carbocycles. The summed E-state index contributed by atoms with van der Waals surface area (Å²) in [7, 11) is -0.758. The highest BCUT2D eigenvalue weighted by Crippen LogP contribution is 2.36. The fourth-order valence-corrected chi connectivity index (χ4v) is 4.58. The molecular weight excluding hydrogens is 452 g/mol. The van der Waals surface area contributed by atoms with E-state index in [4.69, 9.17) is 4.74 Å². The standard InChI is InChI=1S/C20H26N6O6S/c1-25(2)33(30,31)16-5-3-15(4-6-16)24-20-19(26(28)29)18(22-12-23-20)17(32-13-27)11-14-7-9-21-10-8-14/h3-6,12-14,17,21H,7-11H2,1-2H3,(H,22,23,24). The molecule has 2 N–H and O–H groups in total. The quantitative estimate of drug-likeness (QED) is 0.294. The van der Waals surface area contributed by atoms with Gasteiger partial charge in [-0.15, -0.1) is 0 Å². The number of rotatable bonds is 10. The van der Waals surface area contributed by atoms with Gasteiger partial charge in [-0.25, -0.2) is 22.7 Å². The third-order valence-corrected chi connectivity index (χ3v) is 7.29. The maximum atomic E-state index is 12.2. The summed E-state index contributed by atoms with van der Waals surface area (Å²) in [6, 6.07) is 5.74. The number of ether oxygens (including phenoxy) is 1. The van der Waals surface area contributed by atoms with E-state index in [9.17, 15) is 23.3 Å². The fourth-order valence-electron chi connectivity index (χ4n) is 3.68. The molecule has 1 aliphatic heterocycles. The van der Waals surface area contributed by atoms with Crippen LogP contribution < -0.4 is 10.6 Å². The van der Waals surface area contributed by atoms with Crippen LogP contribution in [0.1, 0.15) is 31.1 Å². The van der Waals surface area contributed by atoms with E-state index in [1.54, 1.807) is 0 Å². The highest BCUT2D eigenvalue weighted by Gasteiger charge is 2.32. The van der Waals surface area contributed by atoms with E-state index in [2.05, 4.69) is 20.6 Å². The minimum atomic E-state index is -3.61. The van der Waals surface area contributed by atoms with Crippen molar-refractivity contribution < 1.29 is 22.9 Å². The Labute approximate surface area is 191 Å². The molecule has 1 saturated heterocycles. The molecule has 0 radical (unpaired) electrons. The second-order valence-corrected chi connectivity index (χ2v) is 9.95. The van der Waals surface area contributed by atoms with Crippen molar-refractivity contribution in [1.29, 1.82) is 0 Å². The first kappa shape index (κ1) is 24.5. The molecule has 1 atom stereocenters. The number of nitrogens with zero attached hydrogens (tertiary/aromatic N) is 4. The fraction of sp³-hybridized carbons (Fsp3) is 0.450. The minimum Gasteiger partial charge on any atom is -0.458 e. The lowest BCUT2D eigenvalue weighted by molar-refractivity contribution is -0.385. The molecule has 0 bridgehead atoms. The summed E-state index contributed by atoms with van der Waals surface area (Å²) in [6.07, 6.45) is 2.42. The van der Waals surface area contributed by atoms with Crippen molar-refractivity contribution in [3.05, 3.63) is 46.4 Å². The van der Waals surface area contributed by atoms with E-state index in [1.807, 2.05) is 0 Å². The summed E-state index contributed by atoms with van der Waals surface area (Å²) in [4.78, 5) is 30.6. The van der Waals surface area contributed by atoms with Crippen molar-refractivity contribution in [1.82, 2.24) is 19.6 Å². The number of carbonyl (C=O) groups excluding carboxylic acids is 1. The van der Waals surface area contributed by atoms with E-state index in [0.29, 0.717) is 12.1 Å². The normalized spacial score (nSPS) is 15.7. The van der Waals surface area contributed by atoms with Gasteiger partial charge in [0.25, 0.3) is 6.47 Å². The molecule has 0 aliphatic carbocycles. The summed E-state index contributed by atoms with van der Waals surface area (Å²) in [5.41, 5.74) is 0.00452. The first-order valence-electron chi connectivity index (χ1n) is 10.3. The lowest BCUT2D eigenvalue weighted by Crippen LogP contribution is -2.29. The molecule has 3 rings (SSSR count). The largest absolute Gasteiger partial charge is 0.458 e. The lowest BCUT2D eigenvalue weighted by atomic mass is 9.90. The molecule has 1 aromatic heterocycles. The predicted octanol–water partition coefficient (Wildman–Crippen LogP) is 1.98. The summed E-state index contributed by atoms with van der Waals surface area (Å²) >= 11 is 0. The van der Waals surface area contributed by atoms with Gasteiger partial charge in [-0.3, -0.25) is 14.9 Å². The zero-order chi connectivity index (χ0) is 24.0. The number of benzene rings is 1. The number of hydrogen-bond acceptors (Lipinski definition) is 10. The molecule has 12 nitrogen and oxygen atoms in total. The molecule has 0 amide bonds. The molecule has 2 aromatic rings. The van der Waals surface area contributed by atoms with Crippen molar-refractivity contribution in [2.45, 2.75) is 30.3 Å². The van der Waals surface area contributed by atoms with Crippen LogP contribution in [0.15, 0.2) is 35.5 Å². The van der Waals surface area contributed by atoms with Crippen LogP contribution >= 0.6 is 0 Å². The number of nitro groups is 1. The maximum Gasteiger partial charge on any atom is 0.336 e. The van der Waals surface area contributed by atoms with Crippen molar-refractivity contribution in [3.8, 4) is 0 Å². The van der Waals surface area contributed by atoms with Crippen molar-refractivity contribution in [2.75, 3.05) is 32.5 Å². The molecular formula is C20H26N6O6S. The Kier molecular flexibility index (Phi) is 7.89. The average Bonchev–Trinajstić information content (AvgIpc) is 2.79. The number of hydrogen-bond donors (Lipinski definition) is 2. The van der Waals surface area contributed by atoms with Gasteiger partial charge in [0, 0.05) is 19.8 Å². The Morgan fingerprint density at radius 1 is 1.27 bits per heavy atom. The van der Waals surface area contributed by atoms with Crippen LogP contribution in [-0.4, -0.2) is 61.3 Å². The lowest BCUT2D eigenvalue weighted by Gasteiger charge is -2.25. The molecule has 1 unspecified atom stereocenters. The van der Waals surface area contributed by atoms with Crippen molar-refractivity contribution in [3.63, 3.8) is 0 Å². The molecule has 178 valence electrons. The minimum absolute atomic E-state index is 0.00920. The van der Waals surface area contributed by atoms with Gasteiger partial charge in [-0.1, -0.05) is 0 Å². The Balaban J connectivity index is 1.91. The van der Waals surface area contributed by atoms with Gasteiger partial charge in [0.15, 0.2) is 11.8 Å². The monoisotopic (exact) mass is 478 g/mol. The third kappa shape index (κ3) is 5.80. The molecule has 1 aliphatic rings. The summed E-state index contributed by atoms with van der Waals surface area (Å²) < 4.78 is 30.8. The van der Waals surface area contributed by atoms with Gasteiger partial charge in [0.2, 0.25) is 15.8 Å². The average molecular weight is 479 g/mol. The Hall–Kier alpha value is -3.16. The predicted molar refractivity (Wildman–Crippen MR) is 119 cm³/mol. The highest BCUT2D eigenvalue weighted by molar-refractivity contribution is 7.89. The Morgan fingerprint density at radius 3 is 2.52 bits per heavy atom. The third-order valence-electron chi connectivity index (χ3n) is 5.46. The Bertz CT molecular complexity index is 1090. The molecule has 2 heterocycles. The number of anilines is 2. The van der Waals surface area contributed by atoms with E-state index in [0.717, 1.165) is 30.2 Å². The molecule has 1 fully saturated rings. The molecule has 1 aromatic carbocycles. The summed E-state index contributed by atoms with van der Waals surface area (Å²) in [5.74, 6) is 0.145. The highest BCUT2D eigenvalue weighted by atomic mass is 32.2. The van der Waals surface area contributed by atoms with Crippen molar-refractivity contribution in [2.24, 2.45) is 5.92 Å². The number of nitrogens with one attached hydrogen (secondary N) is 2. The Morgan fingerprint density at radius 2 is 1.94 bits per heavy atom. The maximum absolute atomic E-state index is 12.2. The van der Waals surface area contributed by atoms with E-state index < -0.39 is 26.7 Å². The van der Waals surface area contributed by atoms with Gasteiger partial charge in [0.05, 0.1) is 9.82 Å². The van der Waals surface area contributed by atoms with Crippen LogP contribution in [0.3, 0.4) is 0 Å². The van der Waals surface area contributed by atoms with Gasteiger partial charge >= 0.3 is 5.69 Å². The van der Waals surface area contributed by atoms with Crippen LogP contribution in [0, 0.1) is 16.0 Å². The van der Waals surface area contributed by atoms with Crippen LogP contribution in [0.4, 0.5) is 17.2 Å². The van der Waals surface area contributed by atoms with Crippen LogP contribution in [0.5, 0.6) is 0 Å².